The zero-order valence-corrected chi connectivity index (χ0v) is 24.3. The van der Waals surface area contributed by atoms with Gasteiger partial charge in [-0.05, 0) is 52.3 Å². The van der Waals surface area contributed by atoms with Crippen molar-refractivity contribution in [2.75, 3.05) is 0 Å². The minimum atomic E-state index is 0.470. The maximum Gasteiger partial charge on any atom is 0.235 e. The van der Waals surface area contributed by atoms with Crippen molar-refractivity contribution in [3.05, 3.63) is 120 Å². The van der Waals surface area contributed by atoms with Crippen LogP contribution in [0.3, 0.4) is 0 Å². The molecule has 0 N–H and O–H groups in total. The predicted molar refractivity (Wildman–Crippen MR) is 182 cm³/mol. The van der Waals surface area contributed by atoms with Gasteiger partial charge in [0, 0.05) is 37.2 Å². The highest BCUT2D eigenvalue weighted by Crippen LogP contribution is 2.45. The quantitative estimate of drug-likeness (QED) is 0.195. The molecule has 202 valence electrons. The number of thiophene rings is 1. The zero-order valence-electron chi connectivity index (χ0n) is 23.5. The molecule has 4 heteroatoms. The predicted octanol–water partition coefficient (Wildman–Crippen LogP) is 9.92. The lowest BCUT2D eigenvalue weighted by Crippen LogP contribution is -2.21. The maximum atomic E-state index is 5.48. The second-order valence-electron chi connectivity index (χ2n) is 11.8. The van der Waals surface area contributed by atoms with Gasteiger partial charge in [0.1, 0.15) is 0 Å². The van der Waals surface area contributed by atoms with E-state index in [0.717, 1.165) is 34.5 Å². The number of rotatable bonds is 2. The first kappa shape index (κ1) is 23.5. The van der Waals surface area contributed by atoms with E-state index in [4.69, 9.17) is 9.97 Å². The third-order valence-electron chi connectivity index (χ3n) is 9.40. The van der Waals surface area contributed by atoms with Crippen LogP contribution in [0.5, 0.6) is 0 Å². The van der Waals surface area contributed by atoms with Crippen LogP contribution in [-0.4, -0.2) is 14.5 Å². The summed E-state index contributed by atoms with van der Waals surface area (Å²) in [5.41, 5.74) is 5.68. The smallest absolute Gasteiger partial charge is 0.235 e. The van der Waals surface area contributed by atoms with E-state index in [2.05, 4.69) is 127 Å². The SMILES string of the molecule is CC1CC=c2c3c1ccc1cc4c5ccccc5sc4c(c13)n2-c1nc(-c2ccccc2)c2c(ccc3ccccc32)n1. The number of hydrogen-bond acceptors (Lipinski definition) is 3. The standard InChI is InChI=1S/C39H25N3S/c1-22-15-20-31-35-26(22)18-16-25-21-29-28-13-7-8-14-32(28)43-38(29)37(33(25)35)42(31)39-40-30-19-17-23-9-5-6-12-27(23)34(30)36(41-39)24-10-3-2-4-11-24/h2-14,16-22H,15H2,1H3. The van der Waals surface area contributed by atoms with Gasteiger partial charge in [0.2, 0.25) is 5.95 Å². The van der Waals surface area contributed by atoms with Gasteiger partial charge in [-0.15, -0.1) is 11.3 Å². The molecule has 6 aromatic carbocycles. The van der Waals surface area contributed by atoms with Crippen LogP contribution in [0.2, 0.25) is 0 Å². The number of hydrogen-bond donors (Lipinski definition) is 0. The molecule has 0 aliphatic heterocycles. The summed E-state index contributed by atoms with van der Waals surface area (Å²) < 4.78 is 4.99. The Hall–Kier alpha value is -5.06. The van der Waals surface area contributed by atoms with Crippen LogP contribution in [0.25, 0.3) is 86.8 Å². The summed E-state index contributed by atoms with van der Waals surface area (Å²) in [6.07, 6.45) is 3.42. The first-order chi connectivity index (χ1) is 21.2. The number of aromatic nitrogens is 3. The Bertz CT molecular complexity index is 2660. The molecule has 0 fully saturated rings. The number of fused-ring (bicyclic) bond motifs is 7. The first-order valence-corrected chi connectivity index (χ1v) is 15.7. The average Bonchev–Trinajstić information content (AvgIpc) is 3.61. The molecule has 3 aromatic heterocycles. The van der Waals surface area contributed by atoms with E-state index in [1.165, 1.54) is 63.5 Å². The van der Waals surface area contributed by atoms with E-state index in [0.29, 0.717) is 5.92 Å². The molecule has 1 aliphatic carbocycles. The van der Waals surface area contributed by atoms with Crippen molar-refractivity contribution in [2.24, 2.45) is 0 Å². The fourth-order valence-corrected chi connectivity index (χ4v) is 8.63. The Kier molecular flexibility index (Phi) is 4.64. The van der Waals surface area contributed by atoms with E-state index < -0.39 is 0 Å². The molecule has 1 atom stereocenters. The highest BCUT2D eigenvalue weighted by atomic mass is 32.1. The summed E-state index contributed by atoms with van der Waals surface area (Å²) in [5.74, 6) is 1.20. The van der Waals surface area contributed by atoms with Crippen LogP contribution in [-0.2, 0) is 0 Å². The lowest BCUT2D eigenvalue weighted by Gasteiger charge is -2.16. The second kappa shape index (κ2) is 8.50. The summed E-state index contributed by atoms with van der Waals surface area (Å²) in [7, 11) is 0. The van der Waals surface area contributed by atoms with Gasteiger partial charge in [-0.1, -0.05) is 104 Å². The van der Waals surface area contributed by atoms with E-state index in [9.17, 15) is 0 Å². The Labute approximate surface area is 251 Å². The fraction of sp³-hybridized carbons (Fsp3) is 0.0769. The van der Waals surface area contributed by atoms with Crippen molar-refractivity contribution >= 4 is 80.9 Å². The van der Waals surface area contributed by atoms with Gasteiger partial charge in [-0.3, -0.25) is 4.57 Å². The van der Waals surface area contributed by atoms with Crippen LogP contribution < -0.4 is 5.35 Å². The molecule has 0 spiro atoms. The van der Waals surface area contributed by atoms with E-state index in [1.54, 1.807) is 0 Å². The van der Waals surface area contributed by atoms with Gasteiger partial charge < -0.3 is 0 Å². The number of benzene rings is 6. The molecule has 0 saturated heterocycles. The Morgan fingerprint density at radius 3 is 2.40 bits per heavy atom. The van der Waals surface area contributed by atoms with Gasteiger partial charge in [0.15, 0.2) is 0 Å². The lowest BCUT2D eigenvalue weighted by atomic mass is 9.88. The molecule has 9 aromatic rings. The van der Waals surface area contributed by atoms with Crippen molar-refractivity contribution in [2.45, 2.75) is 19.3 Å². The molecule has 0 radical (unpaired) electrons. The first-order valence-electron chi connectivity index (χ1n) is 14.9. The van der Waals surface area contributed by atoms with Crippen molar-refractivity contribution in [3.63, 3.8) is 0 Å². The molecule has 1 aliphatic rings. The largest absolute Gasteiger partial charge is 0.277 e. The van der Waals surface area contributed by atoms with E-state index >= 15 is 0 Å². The minimum Gasteiger partial charge on any atom is -0.277 e. The van der Waals surface area contributed by atoms with Gasteiger partial charge in [0.25, 0.3) is 0 Å². The highest BCUT2D eigenvalue weighted by molar-refractivity contribution is 7.26. The Morgan fingerprint density at radius 1 is 0.698 bits per heavy atom. The van der Waals surface area contributed by atoms with Gasteiger partial charge in [-0.25, -0.2) is 9.97 Å². The molecule has 0 bridgehead atoms. The summed E-state index contributed by atoms with van der Waals surface area (Å²) in [4.78, 5) is 10.9. The number of nitrogens with zero attached hydrogens (tertiary/aromatic N) is 3. The molecule has 10 rings (SSSR count). The zero-order chi connectivity index (χ0) is 28.2. The molecule has 0 saturated carbocycles. The van der Waals surface area contributed by atoms with Crippen molar-refractivity contribution < 1.29 is 0 Å². The molecule has 3 heterocycles. The van der Waals surface area contributed by atoms with Crippen LogP contribution in [0.1, 0.15) is 24.8 Å². The molecule has 0 amide bonds. The van der Waals surface area contributed by atoms with Gasteiger partial charge >= 0.3 is 0 Å². The monoisotopic (exact) mass is 567 g/mol. The van der Waals surface area contributed by atoms with E-state index in [-0.39, 0.29) is 0 Å². The Balaban J connectivity index is 1.43. The summed E-state index contributed by atoms with van der Waals surface area (Å²) in [6, 6.07) is 39.4. The normalized spacial score (nSPS) is 15.0. The average molecular weight is 568 g/mol. The topological polar surface area (TPSA) is 30.7 Å². The molecule has 43 heavy (non-hydrogen) atoms. The maximum absolute atomic E-state index is 5.48. The highest BCUT2D eigenvalue weighted by Gasteiger charge is 2.26. The van der Waals surface area contributed by atoms with Crippen molar-refractivity contribution in [3.8, 4) is 17.2 Å². The summed E-state index contributed by atoms with van der Waals surface area (Å²) >= 11 is 1.88. The second-order valence-corrected chi connectivity index (χ2v) is 12.9. The Morgan fingerprint density at radius 2 is 1.49 bits per heavy atom. The minimum absolute atomic E-state index is 0.470. The lowest BCUT2D eigenvalue weighted by molar-refractivity contribution is 0.795. The van der Waals surface area contributed by atoms with E-state index in [1.807, 2.05) is 11.3 Å². The van der Waals surface area contributed by atoms with Gasteiger partial charge in [0.05, 0.1) is 26.8 Å². The van der Waals surface area contributed by atoms with Crippen molar-refractivity contribution in [1.29, 1.82) is 0 Å². The third-order valence-corrected chi connectivity index (χ3v) is 10.6. The van der Waals surface area contributed by atoms with Crippen LogP contribution in [0.15, 0.2) is 109 Å². The fourth-order valence-electron chi connectivity index (χ4n) is 7.41. The summed E-state index contributed by atoms with van der Waals surface area (Å²) in [6.45, 7) is 2.34. The van der Waals surface area contributed by atoms with Crippen LogP contribution >= 0.6 is 11.3 Å². The molecular formula is C39H25N3S. The molecule has 1 unspecified atom stereocenters. The van der Waals surface area contributed by atoms with Crippen LogP contribution in [0.4, 0.5) is 0 Å². The summed E-state index contributed by atoms with van der Waals surface area (Å²) in [5, 5.41) is 11.3. The third kappa shape index (κ3) is 3.13. The van der Waals surface area contributed by atoms with Crippen molar-refractivity contribution in [1.82, 2.24) is 14.5 Å². The molecular weight excluding hydrogens is 543 g/mol. The van der Waals surface area contributed by atoms with Crippen LogP contribution in [0, 0.1) is 0 Å². The molecule has 3 nitrogen and oxygen atoms in total. The van der Waals surface area contributed by atoms with Gasteiger partial charge in [-0.2, -0.15) is 0 Å².